The Balaban J connectivity index is 1.46. The highest BCUT2D eigenvalue weighted by Crippen LogP contribution is 2.32. The molecule has 0 saturated carbocycles. The number of aromatic nitrogens is 4. The number of benzene rings is 1. The normalized spacial score (nSPS) is 20.2. The summed E-state index contributed by atoms with van der Waals surface area (Å²) in [4.78, 5) is 17.0. The SMILES string of the molecule is Cc1nc([C@H]2OCC[C@H]2CNC(=O)c2cc3ccccc3n2C)n[nH]1. The van der Waals surface area contributed by atoms with E-state index >= 15 is 0 Å². The van der Waals surface area contributed by atoms with Crippen molar-refractivity contribution in [2.24, 2.45) is 13.0 Å². The van der Waals surface area contributed by atoms with Crippen LogP contribution in [0.5, 0.6) is 0 Å². The first-order valence-electron chi connectivity index (χ1n) is 8.46. The maximum atomic E-state index is 12.6. The van der Waals surface area contributed by atoms with Crippen molar-refractivity contribution in [1.29, 1.82) is 0 Å². The molecule has 1 aliphatic heterocycles. The Morgan fingerprint density at radius 1 is 1.44 bits per heavy atom. The minimum absolute atomic E-state index is 0.0736. The first-order valence-corrected chi connectivity index (χ1v) is 8.46. The number of nitrogens with one attached hydrogen (secondary N) is 2. The summed E-state index contributed by atoms with van der Waals surface area (Å²) in [5, 5.41) is 11.2. The maximum Gasteiger partial charge on any atom is 0.267 e. The molecule has 4 rings (SSSR count). The molecule has 2 N–H and O–H groups in total. The first-order chi connectivity index (χ1) is 12.1. The lowest BCUT2D eigenvalue weighted by molar-refractivity contribution is 0.0796. The molecular weight excluding hydrogens is 318 g/mol. The molecule has 130 valence electrons. The van der Waals surface area contributed by atoms with Crippen LogP contribution in [0.4, 0.5) is 0 Å². The Morgan fingerprint density at radius 2 is 2.28 bits per heavy atom. The Hall–Kier alpha value is -2.67. The highest BCUT2D eigenvalue weighted by atomic mass is 16.5. The molecule has 1 aromatic carbocycles. The summed E-state index contributed by atoms with van der Waals surface area (Å²) in [6, 6.07) is 9.90. The number of carbonyl (C=O) groups excluding carboxylic acids is 1. The molecule has 2 aromatic heterocycles. The van der Waals surface area contributed by atoms with Crippen molar-refractivity contribution >= 4 is 16.8 Å². The molecule has 0 spiro atoms. The average Bonchev–Trinajstić information content (AvgIpc) is 3.32. The number of aromatic amines is 1. The lowest BCUT2D eigenvalue weighted by Gasteiger charge is -2.16. The number of rotatable bonds is 4. The molecule has 1 amide bonds. The molecule has 2 atom stereocenters. The fraction of sp³-hybridized carbons (Fsp3) is 0.389. The Kier molecular flexibility index (Phi) is 4.01. The van der Waals surface area contributed by atoms with E-state index in [1.807, 2.05) is 48.9 Å². The number of amides is 1. The third-order valence-corrected chi connectivity index (χ3v) is 4.79. The van der Waals surface area contributed by atoms with E-state index in [0.29, 0.717) is 24.7 Å². The van der Waals surface area contributed by atoms with E-state index in [9.17, 15) is 4.79 Å². The lowest BCUT2D eigenvalue weighted by Crippen LogP contribution is -2.31. The van der Waals surface area contributed by atoms with E-state index in [4.69, 9.17) is 4.74 Å². The fourth-order valence-corrected chi connectivity index (χ4v) is 3.44. The summed E-state index contributed by atoms with van der Waals surface area (Å²) >= 11 is 0. The van der Waals surface area contributed by atoms with Crippen LogP contribution in [0, 0.1) is 12.8 Å². The van der Waals surface area contributed by atoms with Gasteiger partial charge in [-0.1, -0.05) is 18.2 Å². The van der Waals surface area contributed by atoms with Gasteiger partial charge >= 0.3 is 0 Å². The zero-order valence-electron chi connectivity index (χ0n) is 14.3. The zero-order chi connectivity index (χ0) is 17.4. The second kappa shape index (κ2) is 6.33. The van der Waals surface area contributed by atoms with Crippen LogP contribution in [-0.2, 0) is 11.8 Å². The van der Waals surface area contributed by atoms with E-state index in [2.05, 4.69) is 20.5 Å². The average molecular weight is 339 g/mol. The van der Waals surface area contributed by atoms with Crippen molar-refractivity contribution in [3.63, 3.8) is 0 Å². The molecule has 0 unspecified atom stereocenters. The van der Waals surface area contributed by atoms with Gasteiger partial charge in [0.1, 0.15) is 17.6 Å². The number of aryl methyl sites for hydroxylation is 2. The molecule has 1 fully saturated rings. The third kappa shape index (κ3) is 2.91. The van der Waals surface area contributed by atoms with E-state index in [0.717, 1.165) is 23.1 Å². The van der Waals surface area contributed by atoms with Gasteiger partial charge in [0, 0.05) is 37.0 Å². The number of hydrogen-bond donors (Lipinski definition) is 2. The Labute approximate surface area is 145 Å². The minimum atomic E-state index is -0.169. The van der Waals surface area contributed by atoms with Gasteiger partial charge in [-0.3, -0.25) is 9.89 Å². The van der Waals surface area contributed by atoms with Gasteiger partial charge in [0.25, 0.3) is 5.91 Å². The Morgan fingerprint density at radius 3 is 3.04 bits per heavy atom. The summed E-state index contributed by atoms with van der Waals surface area (Å²) in [6.45, 7) is 3.06. The summed E-state index contributed by atoms with van der Waals surface area (Å²) in [7, 11) is 1.91. The molecule has 3 aromatic rings. The molecule has 0 radical (unpaired) electrons. The molecule has 7 heteroatoms. The van der Waals surface area contributed by atoms with E-state index < -0.39 is 0 Å². The molecule has 0 bridgehead atoms. The van der Waals surface area contributed by atoms with Crippen molar-refractivity contribution in [2.75, 3.05) is 13.2 Å². The van der Waals surface area contributed by atoms with Crippen molar-refractivity contribution < 1.29 is 9.53 Å². The number of hydrogen-bond acceptors (Lipinski definition) is 4. The van der Waals surface area contributed by atoms with Crippen LogP contribution < -0.4 is 5.32 Å². The van der Waals surface area contributed by atoms with Gasteiger partial charge in [0.05, 0.1) is 0 Å². The van der Waals surface area contributed by atoms with E-state index in [1.165, 1.54) is 0 Å². The van der Waals surface area contributed by atoms with Crippen molar-refractivity contribution in [3.8, 4) is 0 Å². The molecule has 1 aliphatic rings. The summed E-state index contributed by atoms with van der Waals surface area (Å²) in [6.07, 6.45) is 0.714. The topological polar surface area (TPSA) is 84.8 Å². The second-order valence-corrected chi connectivity index (χ2v) is 6.48. The van der Waals surface area contributed by atoms with Crippen molar-refractivity contribution in [3.05, 3.63) is 47.7 Å². The minimum Gasteiger partial charge on any atom is -0.370 e. The van der Waals surface area contributed by atoms with Gasteiger partial charge in [0.15, 0.2) is 5.82 Å². The predicted molar refractivity (Wildman–Crippen MR) is 93.2 cm³/mol. The molecule has 25 heavy (non-hydrogen) atoms. The third-order valence-electron chi connectivity index (χ3n) is 4.79. The largest absolute Gasteiger partial charge is 0.370 e. The number of carbonyl (C=O) groups is 1. The summed E-state index contributed by atoms with van der Waals surface area (Å²) < 4.78 is 7.70. The van der Waals surface area contributed by atoms with Crippen LogP contribution in [0.15, 0.2) is 30.3 Å². The van der Waals surface area contributed by atoms with Gasteiger partial charge in [0.2, 0.25) is 0 Å². The van der Waals surface area contributed by atoms with Crippen LogP contribution in [0.2, 0.25) is 0 Å². The summed E-state index contributed by atoms with van der Waals surface area (Å²) in [5.41, 5.74) is 1.70. The highest BCUT2D eigenvalue weighted by molar-refractivity contribution is 5.98. The van der Waals surface area contributed by atoms with Crippen LogP contribution >= 0.6 is 0 Å². The summed E-state index contributed by atoms with van der Waals surface area (Å²) in [5.74, 6) is 1.53. The second-order valence-electron chi connectivity index (χ2n) is 6.48. The van der Waals surface area contributed by atoms with Crippen LogP contribution in [-0.4, -0.2) is 38.8 Å². The van der Waals surface area contributed by atoms with Crippen LogP contribution in [0.1, 0.15) is 34.7 Å². The first kappa shape index (κ1) is 15.8. The van der Waals surface area contributed by atoms with Crippen molar-refractivity contribution in [1.82, 2.24) is 25.1 Å². The molecule has 0 aliphatic carbocycles. The van der Waals surface area contributed by atoms with E-state index in [1.54, 1.807) is 0 Å². The molecule has 1 saturated heterocycles. The number of ether oxygens (including phenoxy) is 1. The maximum absolute atomic E-state index is 12.6. The monoisotopic (exact) mass is 339 g/mol. The fourth-order valence-electron chi connectivity index (χ4n) is 3.44. The van der Waals surface area contributed by atoms with Crippen LogP contribution in [0.3, 0.4) is 0 Å². The number of para-hydroxylation sites is 1. The molecule has 3 heterocycles. The standard InChI is InChI=1S/C18H21N5O2/c1-11-20-17(22-21-11)16-13(7-8-25-16)10-19-18(24)15-9-12-5-3-4-6-14(12)23(15)2/h3-6,9,13,16H,7-8,10H2,1-2H3,(H,19,24)(H,20,21,22)/t13-,16-/m0/s1. The van der Waals surface area contributed by atoms with Gasteiger partial charge in [-0.15, -0.1) is 0 Å². The number of fused-ring (bicyclic) bond motifs is 1. The van der Waals surface area contributed by atoms with Gasteiger partial charge in [-0.2, -0.15) is 5.10 Å². The molecule has 7 nitrogen and oxygen atoms in total. The van der Waals surface area contributed by atoms with E-state index in [-0.39, 0.29) is 17.9 Å². The lowest BCUT2D eigenvalue weighted by atomic mass is 10.0. The number of H-pyrrole nitrogens is 1. The highest BCUT2D eigenvalue weighted by Gasteiger charge is 2.33. The Bertz CT molecular complexity index is 913. The molecular formula is C18H21N5O2. The smallest absolute Gasteiger partial charge is 0.267 e. The van der Waals surface area contributed by atoms with Crippen LogP contribution in [0.25, 0.3) is 10.9 Å². The number of nitrogens with zero attached hydrogens (tertiary/aromatic N) is 3. The predicted octanol–water partition coefficient (Wildman–Crippen LogP) is 2.11. The van der Waals surface area contributed by atoms with Gasteiger partial charge < -0.3 is 14.6 Å². The van der Waals surface area contributed by atoms with Gasteiger partial charge in [-0.05, 0) is 25.5 Å². The van der Waals surface area contributed by atoms with Crippen molar-refractivity contribution in [2.45, 2.75) is 19.4 Å². The zero-order valence-corrected chi connectivity index (χ0v) is 14.3. The van der Waals surface area contributed by atoms with Gasteiger partial charge in [-0.25, -0.2) is 4.98 Å². The quantitative estimate of drug-likeness (QED) is 0.762.